The van der Waals surface area contributed by atoms with Crippen molar-refractivity contribution in [3.8, 4) is 0 Å². The van der Waals surface area contributed by atoms with Gasteiger partial charge in [0.2, 0.25) is 0 Å². The zero-order valence-corrected chi connectivity index (χ0v) is 11.1. The van der Waals surface area contributed by atoms with Crippen molar-refractivity contribution >= 4 is 5.82 Å². The lowest BCUT2D eigenvalue weighted by atomic mass is 10.1. The molecule has 5 nitrogen and oxygen atoms in total. The summed E-state index contributed by atoms with van der Waals surface area (Å²) in [6.45, 7) is 4.35. The first-order valence-electron chi connectivity index (χ1n) is 6.85. The Bertz CT molecular complexity index is 351. The molecule has 100 valence electrons. The second-order valence-corrected chi connectivity index (χ2v) is 4.92. The molecular weight excluding hydrogens is 226 g/mol. The van der Waals surface area contributed by atoms with Gasteiger partial charge in [-0.3, -0.25) is 9.88 Å². The maximum absolute atomic E-state index is 5.29. The fourth-order valence-electron chi connectivity index (χ4n) is 2.63. The van der Waals surface area contributed by atoms with Gasteiger partial charge in [-0.2, -0.15) is 0 Å². The van der Waals surface area contributed by atoms with Crippen LogP contribution in [0.3, 0.4) is 0 Å². The molecule has 0 saturated carbocycles. The first kappa shape index (κ1) is 13.2. The molecule has 2 heterocycles. The van der Waals surface area contributed by atoms with Gasteiger partial charge in [0.1, 0.15) is 0 Å². The molecule has 5 heteroatoms. The zero-order valence-electron chi connectivity index (χ0n) is 11.1. The molecule has 3 N–H and O–H groups in total. The van der Waals surface area contributed by atoms with Gasteiger partial charge < -0.3 is 5.43 Å². The highest BCUT2D eigenvalue weighted by Crippen LogP contribution is 2.20. The largest absolute Gasteiger partial charge is 0.307 e. The van der Waals surface area contributed by atoms with Crippen LogP contribution in [0, 0.1) is 0 Å². The molecule has 0 spiro atoms. The van der Waals surface area contributed by atoms with Gasteiger partial charge in [0.15, 0.2) is 5.82 Å². The minimum Gasteiger partial charge on any atom is -0.307 e. The van der Waals surface area contributed by atoms with Gasteiger partial charge in [-0.25, -0.2) is 10.8 Å². The van der Waals surface area contributed by atoms with E-state index < -0.39 is 0 Å². The molecule has 18 heavy (non-hydrogen) atoms. The lowest BCUT2D eigenvalue weighted by molar-refractivity contribution is 0.184. The molecule has 0 aromatic carbocycles. The maximum Gasteiger partial charge on any atom is 0.158 e. The van der Waals surface area contributed by atoms with Crippen LogP contribution in [0.2, 0.25) is 0 Å². The van der Waals surface area contributed by atoms with Crippen LogP contribution in [0.4, 0.5) is 5.82 Å². The van der Waals surface area contributed by atoms with Crippen LogP contribution in [0.25, 0.3) is 0 Å². The van der Waals surface area contributed by atoms with Crippen molar-refractivity contribution in [2.45, 2.75) is 51.6 Å². The summed E-state index contributed by atoms with van der Waals surface area (Å²) in [4.78, 5) is 11.2. The summed E-state index contributed by atoms with van der Waals surface area (Å²) in [5.74, 6) is 5.90. The molecule has 0 radical (unpaired) electrons. The minimum atomic E-state index is 0.613. The number of hydrogen-bond acceptors (Lipinski definition) is 5. The van der Waals surface area contributed by atoms with E-state index in [0.29, 0.717) is 11.9 Å². The van der Waals surface area contributed by atoms with Crippen molar-refractivity contribution in [1.29, 1.82) is 0 Å². The van der Waals surface area contributed by atoms with Gasteiger partial charge >= 0.3 is 0 Å². The highest BCUT2D eigenvalue weighted by molar-refractivity contribution is 5.28. The lowest BCUT2D eigenvalue weighted by Crippen LogP contribution is -2.34. The summed E-state index contributed by atoms with van der Waals surface area (Å²) in [7, 11) is 0. The summed E-state index contributed by atoms with van der Waals surface area (Å²) in [6, 6.07) is 0.696. The van der Waals surface area contributed by atoms with Gasteiger partial charge in [-0.1, -0.05) is 19.8 Å². The normalized spacial score (nSPS) is 21.6. The van der Waals surface area contributed by atoms with Gasteiger partial charge in [-0.15, -0.1) is 0 Å². The quantitative estimate of drug-likeness (QED) is 0.630. The van der Waals surface area contributed by atoms with E-state index in [4.69, 9.17) is 5.84 Å². The third-order valence-corrected chi connectivity index (χ3v) is 3.69. The summed E-state index contributed by atoms with van der Waals surface area (Å²) in [6.07, 6.45) is 10.0. The number of nitrogens with one attached hydrogen (secondary N) is 1. The van der Waals surface area contributed by atoms with E-state index in [2.05, 4.69) is 27.2 Å². The molecule has 1 fully saturated rings. The summed E-state index contributed by atoms with van der Waals surface area (Å²) in [5.41, 5.74) is 3.52. The van der Waals surface area contributed by atoms with Crippen LogP contribution in [0.15, 0.2) is 12.4 Å². The molecule has 0 amide bonds. The van der Waals surface area contributed by atoms with Gasteiger partial charge in [0.05, 0.1) is 18.1 Å². The Morgan fingerprint density at radius 2 is 2.22 bits per heavy atom. The third-order valence-electron chi connectivity index (χ3n) is 3.69. The van der Waals surface area contributed by atoms with E-state index in [1.807, 2.05) is 6.20 Å². The van der Waals surface area contributed by atoms with E-state index in [1.54, 1.807) is 6.20 Å². The lowest BCUT2D eigenvalue weighted by Gasteiger charge is -2.28. The Kier molecular flexibility index (Phi) is 4.90. The Labute approximate surface area is 109 Å². The second kappa shape index (κ2) is 6.66. The molecule has 1 atom stereocenters. The third kappa shape index (κ3) is 3.40. The molecule has 1 aliphatic heterocycles. The number of likely N-dealkylation sites (tertiary alicyclic amines) is 1. The Hall–Kier alpha value is -1.20. The second-order valence-electron chi connectivity index (χ2n) is 4.92. The highest BCUT2D eigenvalue weighted by Gasteiger charge is 2.19. The van der Waals surface area contributed by atoms with Crippen LogP contribution in [-0.2, 0) is 6.54 Å². The van der Waals surface area contributed by atoms with Crippen LogP contribution in [0.1, 0.15) is 44.7 Å². The van der Waals surface area contributed by atoms with Crippen molar-refractivity contribution in [2.24, 2.45) is 5.84 Å². The molecule has 1 aromatic rings. The predicted molar refractivity (Wildman–Crippen MR) is 72.8 cm³/mol. The van der Waals surface area contributed by atoms with Gasteiger partial charge in [0.25, 0.3) is 0 Å². The SMILES string of the molecule is CCC1CCCCCN1Cc1cnc(NN)cn1. The molecule has 0 bridgehead atoms. The fourth-order valence-corrected chi connectivity index (χ4v) is 2.63. The molecule has 1 saturated heterocycles. The Morgan fingerprint density at radius 3 is 2.89 bits per heavy atom. The maximum atomic E-state index is 5.29. The fraction of sp³-hybridized carbons (Fsp3) is 0.692. The molecule has 1 aliphatic rings. The van der Waals surface area contributed by atoms with E-state index in [9.17, 15) is 0 Å². The standard InChI is InChI=1S/C13H23N5/c1-2-12-6-4-3-5-7-18(12)10-11-8-16-13(17-14)9-15-11/h8-9,12H,2-7,10,14H2,1H3,(H,16,17). The number of nitrogens with zero attached hydrogens (tertiary/aromatic N) is 3. The number of rotatable bonds is 4. The summed E-state index contributed by atoms with van der Waals surface area (Å²) in [5, 5.41) is 0. The van der Waals surface area contributed by atoms with Crippen LogP contribution >= 0.6 is 0 Å². The van der Waals surface area contributed by atoms with E-state index in [1.165, 1.54) is 38.6 Å². The zero-order chi connectivity index (χ0) is 12.8. The van der Waals surface area contributed by atoms with Crippen molar-refractivity contribution < 1.29 is 0 Å². The Balaban J connectivity index is 2.00. The van der Waals surface area contributed by atoms with E-state index >= 15 is 0 Å². The van der Waals surface area contributed by atoms with E-state index in [-0.39, 0.29) is 0 Å². The monoisotopic (exact) mass is 249 g/mol. The van der Waals surface area contributed by atoms with Crippen molar-refractivity contribution in [3.63, 3.8) is 0 Å². The topological polar surface area (TPSA) is 67.1 Å². The average Bonchev–Trinajstić information content (AvgIpc) is 2.64. The van der Waals surface area contributed by atoms with Crippen molar-refractivity contribution in [2.75, 3.05) is 12.0 Å². The average molecular weight is 249 g/mol. The van der Waals surface area contributed by atoms with Crippen LogP contribution < -0.4 is 11.3 Å². The first-order chi connectivity index (χ1) is 8.83. The minimum absolute atomic E-state index is 0.613. The summed E-state index contributed by atoms with van der Waals surface area (Å²) >= 11 is 0. The molecule has 2 rings (SSSR count). The molecular formula is C13H23N5. The van der Waals surface area contributed by atoms with Crippen molar-refractivity contribution in [1.82, 2.24) is 14.9 Å². The predicted octanol–water partition coefficient (Wildman–Crippen LogP) is 1.92. The number of hydrogen-bond donors (Lipinski definition) is 2. The molecule has 0 aliphatic carbocycles. The molecule has 1 unspecified atom stereocenters. The number of anilines is 1. The van der Waals surface area contributed by atoms with Crippen LogP contribution in [0.5, 0.6) is 0 Å². The van der Waals surface area contributed by atoms with E-state index in [0.717, 1.165) is 12.2 Å². The number of hydrazine groups is 1. The number of aromatic nitrogens is 2. The number of nitrogen functional groups attached to an aromatic ring is 1. The molecule has 1 aromatic heterocycles. The van der Waals surface area contributed by atoms with Gasteiger partial charge in [0, 0.05) is 12.6 Å². The Morgan fingerprint density at radius 1 is 1.33 bits per heavy atom. The first-order valence-corrected chi connectivity index (χ1v) is 6.85. The van der Waals surface area contributed by atoms with Crippen LogP contribution in [-0.4, -0.2) is 27.5 Å². The highest BCUT2D eigenvalue weighted by atomic mass is 15.3. The summed E-state index contributed by atoms with van der Waals surface area (Å²) < 4.78 is 0. The van der Waals surface area contributed by atoms with Crippen molar-refractivity contribution in [3.05, 3.63) is 18.1 Å². The number of nitrogens with two attached hydrogens (primary N) is 1. The van der Waals surface area contributed by atoms with Gasteiger partial charge in [-0.05, 0) is 25.8 Å². The smallest absolute Gasteiger partial charge is 0.158 e.